The normalized spacial score (nSPS) is 20.6. The molecule has 2 aliphatic heterocycles. The third kappa shape index (κ3) is 3.06. The number of hydrogen-bond acceptors (Lipinski definition) is 6. The Morgan fingerprint density at radius 2 is 2.00 bits per heavy atom. The molecule has 2 heterocycles. The monoisotopic (exact) mass is 382 g/mol. The van der Waals surface area contributed by atoms with Crippen molar-refractivity contribution in [1.29, 1.82) is 0 Å². The molecular formula is C20H18N2O6. The Bertz CT molecular complexity index is 971. The number of fused-ring (bicyclic) bond motifs is 1. The zero-order valence-electron chi connectivity index (χ0n) is 15.2. The van der Waals surface area contributed by atoms with Gasteiger partial charge in [-0.2, -0.15) is 0 Å². The number of carbonyl (C=O) groups is 2. The minimum Gasteiger partial charge on any atom is -0.497 e. The Labute approximate surface area is 160 Å². The molecule has 0 aromatic heterocycles. The van der Waals surface area contributed by atoms with E-state index in [0.717, 1.165) is 0 Å². The minimum atomic E-state index is -0.741. The molecule has 1 spiro atoms. The Hall–Kier alpha value is -3.42. The number of likely N-dealkylation sites (tertiary alicyclic amines) is 1. The van der Waals surface area contributed by atoms with Crippen molar-refractivity contribution in [2.75, 3.05) is 20.2 Å². The number of nitro benzene ring substituents is 1. The van der Waals surface area contributed by atoms with Gasteiger partial charge in [0.05, 0.1) is 30.6 Å². The van der Waals surface area contributed by atoms with Crippen LogP contribution in [0.3, 0.4) is 0 Å². The summed E-state index contributed by atoms with van der Waals surface area (Å²) in [5.74, 6) is 0.822. The molecule has 0 aliphatic carbocycles. The number of nitrogens with zero attached hydrogens (tertiary/aromatic N) is 2. The third-order valence-corrected chi connectivity index (χ3v) is 5.22. The molecule has 144 valence electrons. The summed E-state index contributed by atoms with van der Waals surface area (Å²) in [4.78, 5) is 37.3. The molecule has 1 fully saturated rings. The van der Waals surface area contributed by atoms with Crippen molar-refractivity contribution in [2.45, 2.75) is 18.4 Å². The molecule has 1 unspecified atom stereocenters. The molecule has 28 heavy (non-hydrogen) atoms. The topological polar surface area (TPSA) is 99.0 Å². The van der Waals surface area contributed by atoms with Gasteiger partial charge in [-0.3, -0.25) is 19.7 Å². The summed E-state index contributed by atoms with van der Waals surface area (Å²) in [6, 6.07) is 10.6. The van der Waals surface area contributed by atoms with Gasteiger partial charge in [-0.1, -0.05) is 0 Å². The maximum atomic E-state index is 12.8. The lowest BCUT2D eigenvalue weighted by Crippen LogP contribution is -2.45. The van der Waals surface area contributed by atoms with E-state index in [1.54, 1.807) is 23.1 Å². The quantitative estimate of drug-likeness (QED) is 0.598. The van der Waals surface area contributed by atoms with Gasteiger partial charge in [-0.05, 0) is 30.3 Å². The van der Waals surface area contributed by atoms with E-state index in [9.17, 15) is 19.7 Å². The zero-order valence-corrected chi connectivity index (χ0v) is 15.2. The largest absolute Gasteiger partial charge is 0.497 e. The number of amides is 1. The van der Waals surface area contributed by atoms with Gasteiger partial charge in [-0.15, -0.1) is 0 Å². The lowest BCUT2D eigenvalue weighted by atomic mass is 9.89. The van der Waals surface area contributed by atoms with Crippen LogP contribution in [0.1, 0.15) is 33.6 Å². The standard InChI is InChI=1S/C20H18N2O6/c1-27-15-6-7-18-16(10-15)17(23)11-20(28-18)8-9-21(12-20)19(24)13-2-4-14(5-3-13)22(25)26/h2-7,10H,8-9,11-12H2,1H3. The van der Waals surface area contributed by atoms with E-state index in [1.165, 1.54) is 31.4 Å². The second kappa shape index (κ2) is 6.63. The Morgan fingerprint density at radius 1 is 1.25 bits per heavy atom. The van der Waals surface area contributed by atoms with Crippen LogP contribution in [0, 0.1) is 10.1 Å². The van der Waals surface area contributed by atoms with Gasteiger partial charge in [0.25, 0.3) is 11.6 Å². The first-order valence-corrected chi connectivity index (χ1v) is 8.85. The van der Waals surface area contributed by atoms with Crippen LogP contribution in [0.4, 0.5) is 5.69 Å². The van der Waals surface area contributed by atoms with Crippen LogP contribution in [0.15, 0.2) is 42.5 Å². The maximum Gasteiger partial charge on any atom is 0.269 e. The SMILES string of the molecule is COc1ccc2c(c1)C(=O)CC1(CCN(C(=O)c3ccc([N+](=O)[O-])cc3)C1)O2. The molecule has 4 rings (SSSR count). The first kappa shape index (κ1) is 18.0. The molecule has 2 aliphatic rings. The van der Waals surface area contributed by atoms with Crippen LogP contribution in [-0.2, 0) is 0 Å². The lowest BCUT2D eigenvalue weighted by Gasteiger charge is -2.34. The number of rotatable bonds is 3. The van der Waals surface area contributed by atoms with Crippen molar-refractivity contribution >= 4 is 17.4 Å². The van der Waals surface area contributed by atoms with Crippen LogP contribution < -0.4 is 9.47 Å². The molecule has 0 saturated carbocycles. The number of benzene rings is 2. The van der Waals surface area contributed by atoms with Gasteiger partial charge in [0.1, 0.15) is 17.1 Å². The Morgan fingerprint density at radius 3 is 2.68 bits per heavy atom. The highest BCUT2D eigenvalue weighted by molar-refractivity contribution is 6.01. The van der Waals surface area contributed by atoms with E-state index < -0.39 is 10.5 Å². The summed E-state index contributed by atoms with van der Waals surface area (Å²) in [6.07, 6.45) is 0.736. The fourth-order valence-corrected chi connectivity index (χ4v) is 3.75. The van der Waals surface area contributed by atoms with E-state index in [0.29, 0.717) is 42.1 Å². The average molecular weight is 382 g/mol. The molecule has 0 N–H and O–H groups in total. The van der Waals surface area contributed by atoms with Crippen molar-refractivity contribution < 1.29 is 24.0 Å². The predicted octanol–water partition coefficient (Wildman–Crippen LogP) is 2.85. The summed E-state index contributed by atoms with van der Waals surface area (Å²) >= 11 is 0. The summed E-state index contributed by atoms with van der Waals surface area (Å²) in [5.41, 5.74) is 0.0532. The number of non-ortho nitro benzene ring substituents is 1. The van der Waals surface area contributed by atoms with Gasteiger partial charge in [0.2, 0.25) is 0 Å². The van der Waals surface area contributed by atoms with Crippen molar-refractivity contribution in [3.63, 3.8) is 0 Å². The van der Waals surface area contributed by atoms with Gasteiger partial charge in [-0.25, -0.2) is 0 Å². The molecule has 2 aromatic rings. The number of carbonyl (C=O) groups excluding carboxylic acids is 2. The predicted molar refractivity (Wildman–Crippen MR) is 98.9 cm³/mol. The van der Waals surface area contributed by atoms with Gasteiger partial charge in [0, 0.05) is 30.7 Å². The number of ketones is 1. The smallest absolute Gasteiger partial charge is 0.269 e. The average Bonchev–Trinajstić information content (AvgIpc) is 3.10. The first-order valence-electron chi connectivity index (χ1n) is 8.85. The van der Waals surface area contributed by atoms with Crippen molar-refractivity contribution in [3.05, 3.63) is 63.7 Å². The Kier molecular flexibility index (Phi) is 4.26. The molecule has 1 amide bonds. The van der Waals surface area contributed by atoms with E-state index in [2.05, 4.69) is 0 Å². The van der Waals surface area contributed by atoms with Crippen LogP contribution >= 0.6 is 0 Å². The van der Waals surface area contributed by atoms with Crippen molar-refractivity contribution in [3.8, 4) is 11.5 Å². The van der Waals surface area contributed by atoms with Gasteiger partial charge < -0.3 is 14.4 Å². The number of methoxy groups -OCH3 is 1. The van der Waals surface area contributed by atoms with E-state index in [4.69, 9.17) is 9.47 Å². The van der Waals surface area contributed by atoms with E-state index in [1.807, 2.05) is 0 Å². The first-order chi connectivity index (χ1) is 13.4. The number of hydrogen-bond donors (Lipinski definition) is 0. The van der Waals surface area contributed by atoms with E-state index >= 15 is 0 Å². The second-order valence-corrected chi connectivity index (χ2v) is 7.03. The summed E-state index contributed by atoms with van der Waals surface area (Å²) < 4.78 is 11.3. The molecule has 1 atom stereocenters. The third-order valence-electron chi connectivity index (χ3n) is 5.22. The second-order valence-electron chi connectivity index (χ2n) is 7.03. The number of Topliss-reactive ketones (excluding diaryl/α,β-unsaturated/α-hetero) is 1. The summed E-state index contributed by atoms with van der Waals surface area (Å²) in [6.45, 7) is 0.745. The zero-order chi connectivity index (χ0) is 19.9. The van der Waals surface area contributed by atoms with Crippen LogP contribution in [-0.4, -0.2) is 47.3 Å². The van der Waals surface area contributed by atoms with Crippen LogP contribution in [0.25, 0.3) is 0 Å². The maximum absolute atomic E-state index is 12.8. The minimum absolute atomic E-state index is 0.0372. The fraction of sp³-hybridized carbons (Fsp3) is 0.300. The molecule has 0 bridgehead atoms. The highest BCUT2D eigenvalue weighted by Gasteiger charge is 2.47. The van der Waals surface area contributed by atoms with Crippen LogP contribution in [0.5, 0.6) is 11.5 Å². The molecule has 1 saturated heterocycles. The van der Waals surface area contributed by atoms with Gasteiger partial charge in [0.15, 0.2) is 5.78 Å². The van der Waals surface area contributed by atoms with Crippen LogP contribution in [0.2, 0.25) is 0 Å². The van der Waals surface area contributed by atoms with Crippen molar-refractivity contribution in [1.82, 2.24) is 4.90 Å². The van der Waals surface area contributed by atoms with Gasteiger partial charge >= 0.3 is 0 Å². The highest BCUT2D eigenvalue weighted by Crippen LogP contribution is 2.40. The summed E-state index contributed by atoms with van der Waals surface area (Å²) in [7, 11) is 1.54. The molecule has 8 nitrogen and oxygen atoms in total. The molecule has 8 heteroatoms. The summed E-state index contributed by atoms with van der Waals surface area (Å²) in [5, 5.41) is 10.8. The fourth-order valence-electron chi connectivity index (χ4n) is 3.75. The molecular weight excluding hydrogens is 364 g/mol. The number of nitro groups is 1. The molecule has 0 radical (unpaired) electrons. The van der Waals surface area contributed by atoms with E-state index in [-0.39, 0.29) is 23.8 Å². The highest BCUT2D eigenvalue weighted by atomic mass is 16.6. The lowest BCUT2D eigenvalue weighted by molar-refractivity contribution is -0.384. The van der Waals surface area contributed by atoms with Crippen molar-refractivity contribution in [2.24, 2.45) is 0 Å². The molecule has 2 aromatic carbocycles. The number of ether oxygens (including phenoxy) is 2. The Balaban J connectivity index is 1.52.